The van der Waals surface area contributed by atoms with Crippen LogP contribution >= 0.6 is 0 Å². The molecule has 1 heterocycles. The third-order valence-corrected chi connectivity index (χ3v) is 6.68. The van der Waals surface area contributed by atoms with Gasteiger partial charge >= 0.3 is 0 Å². The van der Waals surface area contributed by atoms with Crippen molar-refractivity contribution in [3.63, 3.8) is 0 Å². The smallest absolute Gasteiger partial charge is 0.300 e. The van der Waals surface area contributed by atoms with Crippen LogP contribution in [0.2, 0.25) is 0 Å². The molecule has 3 aromatic carbocycles. The second-order valence-corrected chi connectivity index (χ2v) is 11.0. The molecular weight excluding hydrogens is 504 g/mol. The van der Waals surface area contributed by atoms with Crippen molar-refractivity contribution in [2.75, 3.05) is 30.5 Å². The summed E-state index contributed by atoms with van der Waals surface area (Å²) in [5.41, 5.74) is 3.51. The summed E-state index contributed by atoms with van der Waals surface area (Å²) in [5, 5.41) is 11.5. The molecule has 210 valence electrons. The maximum atomic E-state index is 13.5. The van der Waals surface area contributed by atoms with Gasteiger partial charge in [0, 0.05) is 31.0 Å². The van der Waals surface area contributed by atoms with Crippen molar-refractivity contribution in [3.05, 3.63) is 89.0 Å². The largest absolute Gasteiger partial charge is 0.507 e. The third-order valence-electron chi connectivity index (χ3n) is 6.68. The number of aliphatic hydroxyl groups is 1. The van der Waals surface area contributed by atoms with Gasteiger partial charge in [-0.15, -0.1) is 0 Å². The first kappa shape index (κ1) is 28.7. The first-order valence-corrected chi connectivity index (χ1v) is 13.6. The van der Waals surface area contributed by atoms with E-state index in [0.717, 1.165) is 11.3 Å². The Kier molecular flexibility index (Phi) is 8.52. The van der Waals surface area contributed by atoms with Gasteiger partial charge in [-0.25, -0.2) is 0 Å². The Labute approximate surface area is 236 Å². The second-order valence-electron chi connectivity index (χ2n) is 11.0. The highest BCUT2D eigenvalue weighted by atomic mass is 16.5. The number of anilines is 2. The summed E-state index contributed by atoms with van der Waals surface area (Å²) in [5.74, 6) is 0.103. The predicted octanol–water partition coefficient (Wildman–Crippen LogP) is 6.51. The number of ketones is 1. The lowest BCUT2D eigenvalue weighted by atomic mass is 9.94. The molecule has 0 aromatic heterocycles. The fourth-order valence-electron chi connectivity index (χ4n) is 4.70. The molecule has 0 radical (unpaired) electrons. The molecule has 40 heavy (non-hydrogen) atoms. The van der Waals surface area contributed by atoms with Gasteiger partial charge in [0.15, 0.2) is 0 Å². The quantitative estimate of drug-likeness (QED) is 0.189. The van der Waals surface area contributed by atoms with Gasteiger partial charge in [-0.2, -0.15) is 0 Å². The minimum atomic E-state index is -0.824. The van der Waals surface area contributed by atoms with Crippen LogP contribution in [-0.4, -0.2) is 43.6 Å². The summed E-state index contributed by atoms with van der Waals surface area (Å²) in [6.45, 7) is 10.5. The SMILES string of the molecule is Cc1cc(/C(O)=C2/C(=O)C(=O)N(c3ccc(N(C)C)cc3)C2c2ccc(OC(C)C)cc2)ccc1OCC(C)C. The summed E-state index contributed by atoms with van der Waals surface area (Å²) in [6, 6.07) is 19.2. The number of Topliss-reactive ketones (excluding diaryl/α,β-unsaturated/α-hetero) is 1. The zero-order chi connectivity index (χ0) is 29.1. The van der Waals surface area contributed by atoms with Crippen molar-refractivity contribution in [2.24, 2.45) is 5.92 Å². The molecular formula is C33H38N2O5. The number of hydrogen-bond acceptors (Lipinski definition) is 6. The Hall–Kier alpha value is -4.26. The fourth-order valence-corrected chi connectivity index (χ4v) is 4.70. The minimum Gasteiger partial charge on any atom is -0.507 e. The number of benzene rings is 3. The lowest BCUT2D eigenvalue weighted by molar-refractivity contribution is -0.132. The van der Waals surface area contributed by atoms with Crippen LogP contribution in [0.3, 0.4) is 0 Å². The van der Waals surface area contributed by atoms with Crippen molar-refractivity contribution in [1.29, 1.82) is 0 Å². The Balaban J connectivity index is 1.83. The van der Waals surface area contributed by atoms with Crippen molar-refractivity contribution in [3.8, 4) is 11.5 Å². The number of rotatable bonds is 9. The number of nitrogens with zero attached hydrogens (tertiary/aromatic N) is 2. The van der Waals surface area contributed by atoms with Crippen LogP contribution in [0.25, 0.3) is 5.76 Å². The molecule has 0 spiro atoms. The van der Waals surface area contributed by atoms with Crippen molar-refractivity contribution in [2.45, 2.75) is 46.8 Å². The molecule has 3 aromatic rings. The van der Waals surface area contributed by atoms with Gasteiger partial charge in [0.25, 0.3) is 11.7 Å². The average molecular weight is 543 g/mol. The van der Waals surface area contributed by atoms with Gasteiger partial charge in [-0.05, 0) is 92.4 Å². The molecule has 7 nitrogen and oxygen atoms in total. The van der Waals surface area contributed by atoms with E-state index in [4.69, 9.17) is 9.47 Å². The molecule has 1 aliphatic heterocycles. The number of aliphatic hydroxyl groups excluding tert-OH is 1. The van der Waals surface area contributed by atoms with Crippen LogP contribution in [0.4, 0.5) is 11.4 Å². The summed E-state index contributed by atoms with van der Waals surface area (Å²) >= 11 is 0. The van der Waals surface area contributed by atoms with Gasteiger partial charge in [0.05, 0.1) is 24.3 Å². The molecule has 1 N–H and O–H groups in total. The highest BCUT2D eigenvalue weighted by molar-refractivity contribution is 6.51. The first-order chi connectivity index (χ1) is 19.0. The van der Waals surface area contributed by atoms with Crippen LogP contribution in [0.5, 0.6) is 11.5 Å². The van der Waals surface area contributed by atoms with Crippen molar-refractivity contribution < 1.29 is 24.2 Å². The van der Waals surface area contributed by atoms with Gasteiger partial charge in [0.2, 0.25) is 0 Å². The third kappa shape index (κ3) is 5.98. The Bertz CT molecular complexity index is 1410. The Morgan fingerprint density at radius 3 is 2.15 bits per heavy atom. The van der Waals surface area contributed by atoms with Gasteiger partial charge < -0.3 is 19.5 Å². The summed E-state index contributed by atoms with van der Waals surface area (Å²) < 4.78 is 11.7. The minimum absolute atomic E-state index is 0.00225. The normalized spacial score (nSPS) is 16.6. The van der Waals surface area contributed by atoms with Crippen molar-refractivity contribution in [1.82, 2.24) is 0 Å². The maximum Gasteiger partial charge on any atom is 0.300 e. The standard InChI is InChI=1S/C33H38N2O5/c1-20(2)19-39-28-17-10-24(18-22(28)5)31(36)29-30(23-8-15-27(16-9-23)40-21(3)4)35(33(38)32(29)37)26-13-11-25(12-14-26)34(6)7/h8-18,20-21,30,36H,19H2,1-7H3/b31-29-. The van der Waals surface area contributed by atoms with E-state index >= 15 is 0 Å². The topological polar surface area (TPSA) is 79.3 Å². The van der Waals surface area contributed by atoms with E-state index in [9.17, 15) is 14.7 Å². The van der Waals surface area contributed by atoms with Gasteiger partial charge in [-0.1, -0.05) is 26.0 Å². The van der Waals surface area contributed by atoms with E-state index in [1.165, 1.54) is 4.90 Å². The monoisotopic (exact) mass is 542 g/mol. The van der Waals surface area contributed by atoms with Crippen LogP contribution in [0.1, 0.15) is 50.4 Å². The van der Waals surface area contributed by atoms with E-state index in [-0.39, 0.29) is 17.4 Å². The molecule has 1 saturated heterocycles. The number of carbonyl (C=O) groups is 2. The summed E-state index contributed by atoms with van der Waals surface area (Å²) in [7, 11) is 3.87. The summed E-state index contributed by atoms with van der Waals surface area (Å²) in [4.78, 5) is 30.5. The highest BCUT2D eigenvalue weighted by Gasteiger charge is 2.47. The molecule has 0 saturated carbocycles. The van der Waals surface area contributed by atoms with Gasteiger partial charge in [0.1, 0.15) is 17.3 Å². The van der Waals surface area contributed by atoms with E-state index in [1.54, 1.807) is 18.2 Å². The van der Waals surface area contributed by atoms with Crippen molar-refractivity contribution >= 4 is 28.8 Å². The fraction of sp³-hybridized carbons (Fsp3) is 0.333. The lowest BCUT2D eigenvalue weighted by Gasteiger charge is -2.26. The lowest BCUT2D eigenvalue weighted by Crippen LogP contribution is -2.29. The number of aryl methyl sites for hydroxylation is 1. The molecule has 4 rings (SSSR count). The first-order valence-electron chi connectivity index (χ1n) is 13.6. The molecule has 1 fully saturated rings. The van der Waals surface area contributed by atoms with Crippen LogP contribution < -0.4 is 19.3 Å². The second kappa shape index (κ2) is 11.9. The van der Waals surface area contributed by atoms with Crippen LogP contribution in [0, 0.1) is 12.8 Å². The molecule has 7 heteroatoms. The molecule has 1 aliphatic rings. The number of ether oxygens (including phenoxy) is 2. The summed E-state index contributed by atoms with van der Waals surface area (Å²) in [6.07, 6.45) is 0.00225. The molecule has 0 bridgehead atoms. The molecule has 1 amide bonds. The van der Waals surface area contributed by atoms with Crippen LogP contribution in [0.15, 0.2) is 72.3 Å². The predicted molar refractivity (Wildman–Crippen MR) is 159 cm³/mol. The molecule has 1 unspecified atom stereocenters. The molecule has 0 aliphatic carbocycles. The number of carbonyl (C=O) groups excluding carboxylic acids is 2. The maximum absolute atomic E-state index is 13.5. The Morgan fingerprint density at radius 1 is 0.950 bits per heavy atom. The van der Waals surface area contributed by atoms with E-state index in [0.29, 0.717) is 40.8 Å². The molecule has 1 atom stereocenters. The highest BCUT2D eigenvalue weighted by Crippen LogP contribution is 2.43. The zero-order valence-electron chi connectivity index (χ0n) is 24.3. The average Bonchev–Trinajstić information content (AvgIpc) is 3.17. The zero-order valence-corrected chi connectivity index (χ0v) is 24.3. The van der Waals surface area contributed by atoms with Gasteiger partial charge in [-0.3, -0.25) is 14.5 Å². The number of hydrogen-bond donors (Lipinski definition) is 1. The van der Waals surface area contributed by atoms with E-state index in [1.807, 2.05) is 88.3 Å². The van der Waals surface area contributed by atoms with Crippen LogP contribution in [-0.2, 0) is 9.59 Å². The number of amides is 1. The van der Waals surface area contributed by atoms with E-state index < -0.39 is 17.7 Å². The Morgan fingerprint density at radius 2 is 1.60 bits per heavy atom. The van der Waals surface area contributed by atoms with E-state index in [2.05, 4.69) is 13.8 Å².